The first kappa shape index (κ1) is 10.6. The maximum Gasteiger partial charge on any atom is 0.106 e. The van der Waals surface area contributed by atoms with Gasteiger partial charge in [-0.1, -0.05) is 6.42 Å². The van der Waals surface area contributed by atoms with Crippen molar-refractivity contribution in [1.82, 2.24) is 4.98 Å². The highest BCUT2D eigenvalue weighted by Gasteiger charge is 2.36. The van der Waals surface area contributed by atoms with Crippen LogP contribution in [-0.2, 0) is 0 Å². The SMILES string of the molecule is Nc1c(N2CC3CCCC3C2)ccc2scnc12. The minimum atomic E-state index is 0.869. The van der Waals surface area contributed by atoms with E-state index in [9.17, 15) is 0 Å². The van der Waals surface area contributed by atoms with Gasteiger partial charge in [-0.3, -0.25) is 0 Å². The molecule has 2 aliphatic rings. The van der Waals surface area contributed by atoms with Crippen LogP contribution in [0.4, 0.5) is 11.4 Å². The van der Waals surface area contributed by atoms with Crippen LogP contribution < -0.4 is 10.6 Å². The fourth-order valence-corrected chi connectivity index (χ4v) is 4.34. The molecule has 1 aromatic carbocycles. The lowest BCUT2D eigenvalue weighted by Gasteiger charge is -2.21. The van der Waals surface area contributed by atoms with E-state index in [2.05, 4.69) is 22.0 Å². The molecule has 2 atom stereocenters. The molecule has 1 aliphatic carbocycles. The molecule has 1 aliphatic heterocycles. The van der Waals surface area contributed by atoms with Crippen molar-refractivity contribution in [3.05, 3.63) is 17.6 Å². The van der Waals surface area contributed by atoms with Crippen molar-refractivity contribution < 1.29 is 0 Å². The van der Waals surface area contributed by atoms with Gasteiger partial charge in [-0.05, 0) is 36.8 Å². The zero-order valence-corrected chi connectivity index (χ0v) is 11.1. The van der Waals surface area contributed by atoms with E-state index in [0.717, 1.165) is 23.0 Å². The summed E-state index contributed by atoms with van der Waals surface area (Å²) in [5.41, 5.74) is 11.2. The molecule has 4 heteroatoms. The van der Waals surface area contributed by atoms with Gasteiger partial charge in [-0.25, -0.2) is 4.98 Å². The highest BCUT2D eigenvalue weighted by atomic mass is 32.1. The standard InChI is InChI=1S/C14H17N3S/c15-13-11(4-5-12-14(13)16-8-18-12)17-6-9-2-1-3-10(9)7-17/h4-5,8-10H,1-3,6-7,15H2. The number of benzene rings is 1. The third kappa shape index (κ3) is 1.45. The molecule has 4 rings (SSSR count). The summed E-state index contributed by atoms with van der Waals surface area (Å²) in [6.45, 7) is 2.37. The van der Waals surface area contributed by atoms with E-state index in [0.29, 0.717) is 0 Å². The summed E-state index contributed by atoms with van der Waals surface area (Å²) in [5, 5.41) is 0. The van der Waals surface area contributed by atoms with E-state index in [1.807, 2.05) is 5.51 Å². The van der Waals surface area contributed by atoms with Crippen LogP contribution in [0.2, 0.25) is 0 Å². The quantitative estimate of drug-likeness (QED) is 0.800. The zero-order valence-electron chi connectivity index (χ0n) is 10.3. The molecule has 0 radical (unpaired) electrons. The minimum absolute atomic E-state index is 0.869. The molecule has 94 valence electrons. The van der Waals surface area contributed by atoms with E-state index >= 15 is 0 Å². The summed E-state index contributed by atoms with van der Waals surface area (Å²) in [6, 6.07) is 4.34. The second-order valence-electron chi connectivity index (χ2n) is 5.55. The maximum absolute atomic E-state index is 6.30. The number of nitrogen functional groups attached to an aromatic ring is 1. The summed E-state index contributed by atoms with van der Waals surface area (Å²) < 4.78 is 1.19. The zero-order chi connectivity index (χ0) is 12.1. The highest BCUT2D eigenvalue weighted by molar-refractivity contribution is 7.16. The van der Waals surface area contributed by atoms with Crippen molar-refractivity contribution in [2.45, 2.75) is 19.3 Å². The van der Waals surface area contributed by atoms with Crippen LogP contribution in [0.3, 0.4) is 0 Å². The number of fused-ring (bicyclic) bond motifs is 2. The van der Waals surface area contributed by atoms with Gasteiger partial charge in [0.05, 0.1) is 21.6 Å². The summed E-state index contributed by atoms with van der Waals surface area (Å²) in [5.74, 6) is 1.80. The second kappa shape index (κ2) is 3.85. The van der Waals surface area contributed by atoms with Crippen LogP contribution in [0.25, 0.3) is 10.2 Å². The lowest BCUT2D eigenvalue weighted by Crippen LogP contribution is -2.21. The van der Waals surface area contributed by atoms with E-state index in [1.54, 1.807) is 11.3 Å². The molecular formula is C14H17N3S. The van der Waals surface area contributed by atoms with Gasteiger partial charge in [0.2, 0.25) is 0 Å². The predicted octanol–water partition coefficient (Wildman–Crippen LogP) is 3.11. The van der Waals surface area contributed by atoms with Crippen LogP contribution >= 0.6 is 11.3 Å². The van der Waals surface area contributed by atoms with Gasteiger partial charge in [-0.15, -0.1) is 11.3 Å². The van der Waals surface area contributed by atoms with Crippen LogP contribution in [0, 0.1) is 11.8 Å². The Morgan fingerprint density at radius 1 is 1.22 bits per heavy atom. The number of hydrogen-bond donors (Lipinski definition) is 1. The maximum atomic E-state index is 6.30. The Balaban J connectivity index is 1.72. The number of anilines is 2. The van der Waals surface area contributed by atoms with Crippen molar-refractivity contribution >= 4 is 32.9 Å². The van der Waals surface area contributed by atoms with Crippen LogP contribution in [0.5, 0.6) is 0 Å². The van der Waals surface area contributed by atoms with Crippen LogP contribution in [0.15, 0.2) is 17.6 Å². The van der Waals surface area contributed by atoms with Crippen molar-refractivity contribution in [1.29, 1.82) is 0 Å². The van der Waals surface area contributed by atoms with E-state index in [4.69, 9.17) is 5.73 Å². The Bertz CT molecular complexity index is 580. The molecule has 3 nitrogen and oxygen atoms in total. The van der Waals surface area contributed by atoms with Gasteiger partial charge in [-0.2, -0.15) is 0 Å². The monoisotopic (exact) mass is 259 g/mol. The molecule has 0 spiro atoms. The topological polar surface area (TPSA) is 42.1 Å². The average molecular weight is 259 g/mol. The molecule has 1 aromatic heterocycles. The number of hydrogen-bond acceptors (Lipinski definition) is 4. The summed E-state index contributed by atoms with van der Waals surface area (Å²) in [4.78, 5) is 6.86. The predicted molar refractivity (Wildman–Crippen MR) is 77.1 cm³/mol. The highest BCUT2D eigenvalue weighted by Crippen LogP contribution is 2.42. The van der Waals surface area contributed by atoms with E-state index in [1.165, 1.54) is 42.7 Å². The summed E-state index contributed by atoms with van der Waals surface area (Å²) in [6.07, 6.45) is 4.23. The average Bonchev–Trinajstić information content (AvgIpc) is 3.02. The Morgan fingerprint density at radius 3 is 2.78 bits per heavy atom. The van der Waals surface area contributed by atoms with E-state index < -0.39 is 0 Å². The second-order valence-corrected chi connectivity index (χ2v) is 6.44. The Kier molecular flexibility index (Phi) is 2.27. The number of nitrogens with zero attached hydrogens (tertiary/aromatic N) is 2. The van der Waals surface area contributed by atoms with Crippen LogP contribution in [0.1, 0.15) is 19.3 Å². The van der Waals surface area contributed by atoms with Gasteiger partial charge >= 0.3 is 0 Å². The Morgan fingerprint density at radius 2 is 2.00 bits per heavy atom. The molecule has 0 bridgehead atoms. The van der Waals surface area contributed by atoms with Crippen LogP contribution in [-0.4, -0.2) is 18.1 Å². The molecule has 2 unspecified atom stereocenters. The van der Waals surface area contributed by atoms with Crippen molar-refractivity contribution in [3.8, 4) is 0 Å². The molecule has 2 aromatic rings. The molecular weight excluding hydrogens is 242 g/mol. The molecule has 2 N–H and O–H groups in total. The first-order chi connectivity index (χ1) is 8.83. The first-order valence-electron chi connectivity index (χ1n) is 6.69. The fraction of sp³-hybridized carbons (Fsp3) is 0.500. The smallest absolute Gasteiger partial charge is 0.106 e. The third-order valence-corrected chi connectivity index (χ3v) is 5.38. The molecule has 2 fully saturated rings. The summed E-state index contributed by atoms with van der Waals surface area (Å²) >= 11 is 1.66. The lowest BCUT2D eigenvalue weighted by molar-refractivity contribution is 0.494. The molecule has 2 heterocycles. The molecule has 1 saturated carbocycles. The Labute approximate surface area is 111 Å². The lowest BCUT2D eigenvalue weighted by atomic mass is 10.0. The van der Waals surface area contributed by atoms with E-state index in [-0.39, 0.29) is 0 Å². The van der Waals surface area contributed by atoms with Gasteiger partial charge in [0.25, 0.3) is 0 Å². The molecule has 0 amide bonds. The van der Waals surface area contributed by atoms with Gasteiger partial charge in [0, 0.05) is 13.1 Å². The number of thiazole rings is 1. The number of nitrogens with two attached hydrogens (primary N) is 1. The summed E-state index contributed by atoms with van der Waals surface area (Å²) in [7, 11) is 0. The molecule has 18 heavy (non-hydrogen) atoms. The first-order valence-corrected chi connectivity index (χ1v) is 7.57. The molecule has 1 saturated heterocycles. The number of rotatable bonds is 1. The largest absolute Gasteiger partial charge is 0.395 e. The van der Waals surface area contributed by atoms with Gasteiger partial charge in [0.15, 0.2) is 0 Å². The Hall–Kier alpha value is -1.29. The number of aromatic nitrogens is 1. The van der Waals surface area contributed by atoms with Gasteiger partial charge in [0.1, 0.15) is 5.52 Å². The van der Waals surface area contributed by atoms with Crippen molar-refractivity contribution in [2.24, 2.45) is 11.8 Å². The van der Waals surface area contributed by atoms with Gasteiger partial charge < -0.3 is 10.6 Å². The minimum Gasteiger partial charge on any atom is -0.395 e. The van der Waals surface area contributed by atoms with Crippen molar-refractivity contribution in [3.63, 3.8) is 0 Å². The third-order valence-electron chi connectivity index (χ3n) is 4.59. The normalized spacial score (nSPS) is 27.0. The van der Waals surface area contributed by atoms with Crippen molar-refractivity contribution in [2.75, 3.05) is 23.7 Å². The fourth-order valence-electron chi connectivity index (χ4n) is 3.65.